The Hall–Kier alpha value is -1.09. The van der Waals surface area contributed by atoms with Crippen LogP contribution in [0, 0.1) is 0 Å². The topological polar surface area (TPSA) is 38.0 Å². The van der Waals surface area contributed by atoms with E-state index in [9.17, 15) is 0 Å². The van der Waals surface area contributed by atoms with Gasteiger partial charge in [-0.05, 0) is 55.1 Å². The first kappa shape index (κ1) is 9.46. The van der Waals surface area contributed by atoms with Crippen molar-refractivity contribution in [2.75, 3.05) is 5.32 Å². The Balaban J connectivity index is 2.35. The second-order valence-corrected chi connectivity index (χ2v) is 4.08. The maximum absolute atomic E-state index is 5.48. The lowest BCUT2D eigenvalue weighted by atomic mass is 9.90. The number of aryl methyl sites for hydroxylation is 1. The Labute approximate surface area is 89.5 Å². The largest absolute Gasteiger partial charge is 0.376 e. The van der Waals surface area contributed by atoms with E-state index >= 15 is 0 Å². The van der Waals surface area contributed by atoms with Crippen LogP contribution < -0.4 is 11.1 Å². The van der Waals surface area contributed by atoms with E-state index < -0.39 is 0 Å². The lowest BCUT2D eigenvalue weighted by molar-refractivity contribution is 0.687. The SMILES string of the molecule is NC(=S)Nc1cccc2c1CCCC2. The van der Waals surface area contributed by atoms with Crippen LogP contribution in [0.2, 0.25) is 0 Å². The summed E-state index contributed by atoms with van der Waals surface area (Å²) in [7, 11) is 0. The molecule has 0 atom stereocenters. The first-order valence-electron chi connectivity index (χ1n) is 4.94. The van der Waals surface area contributed by atoms with Crippen LogP contribution in [-0.2, 0) is 12.8 Å². The maximum Gasteiger partial charge on any atom is 0.168 e. The lowest BCUT2D eigenvalue weighted by Gasteiger charge is -2.19. The van der Waals surface area contributed by atoms with Crippen molar-refractivity contribution < 1.29 is 0 Å². The molecule has 3 N–H and O–H groups in total. The number of anilines is 1. The summed E-state index contributed by atoms with van der Waals surface area (Å²) in [5, 5.41) is 3.39. The van der Waals surface area contributed by atoms with Gasteiger partial charge < -0.3 is 11.1 Å². The summed E-state index contributed by atoms with van der Waals surface area (Å²) < 4.78 is 0. The molecule has 0 heterocycles. The van der Waals surface area contributed by atoms with E-state index in [0.29, 0.717) is 5.11 Å². The van der Waals surface area contributed by atoms with Gasteiger partial charge in [0.05, 0.1) is 0 Å². The second kappa shape index (κ2) is 3.96. The summed E-state index contributed by atoms with van der Waals surface area (Å²) in [6, 6.07) is 6.30. The fraction of sp³-hybridized carbons (Fsp3) is 0.364. The second-order valence-electron chi connectivity index (χ2n) is 3.64. The average molecular weight is 206 g/mol. The van der Waals surface area contributed by atoms with Crippen molar-refractivity contribution in [3.05, 3.63) is 29.3 Å². The molecule has 0 unspecified atom stereocenters. The maximum atomic E-state index is 5.48. The van der Waals surface area contributed by atoms with Crippen LogP contribution >= 0.6 is 12.2 Å². The predicted molar refractivity (Wildman–Crippen MR) is 63.5 cm³/mol. The van der Waals surface area contributed by atoms with E-state index in [-0.39, 0.29) is 0 Å². The van der Waals surface area contributed by atoms with Crippen LogP contribution in [0.4, 0.5) is 5.69 Å². The van der Waals surface area contributed by atoms with Crippen LogP contribution in [0.15, 0.2) is 18.2 Å². The number of hydrogen-bond donors (Lipinski definition) is 2. The van der Waals surface area contributed by atoms with Crippen molar-refractivity contribution in [1.29, 1.82) is 0 Å². The predicted octanol–water partition coefficient (Wildman–Crippen LogP) is 2.22. The summed E-state index contributed by atoms with van der Waals surface area (Å²) in [6.45, 7) is 0. The van der Waals surface area contributed by atoms with Crippen molar-refractivity contribution in [3.63, 3.8) is 0 Å². The van der Waals surface area contributed by atoms with E-state index in [2.05, 4.69) is 17.4 Å². The first-order valence-corrected chi connectivity index (χ1v) is 5.35. The van der Waals surface area contributed by atoms with E-state index in [1.54, 1.807) is 0 Å². The molecule has 0 fully saturated rings. The molecule has 0 saturated carbocycles. The van der Waals surface area contributed by atoms with Gasteiger partial charge in [-0.15, -0.1) is 0 Å². The fourth-order valence-corrected chi connectivity index (χ4v) is 2.14. The van der Waals surface area contributed by atoms with Gasteiger partial charge in [-0.1, -0.05) is 12.1 Å². The highest BCUT2D eigenvalue weighted by Gasteiger charge is 2.12. The molecule has 74 valence electrons. The number of nitrogens with one attached hydrogen (secondary N) is 1. The van der Waals surface area contributed by atoms with E-state index in [1.807, 2.05) is 6.07 Å². The number of rotatable bonds is 1. The van der Waals surface area contributed by atoms with Crippen molar-refractivity contribution in [2.45, 2.75) is 25.7 Å². The van der Waals surface area contributed by atoms with Crippen LogP contribution in [0.3, 0.4) is 0 Å². The van der Waals surface area contributed by atoms with Crippen molar-refractivity contribution >= 4 is 23.0 Å². The van der Waals surface area contributed by atoms with Crippen molar-refractivity contribution in [2.24, 2.45) is 5.73 Å². The molecular weight excluding hydrogens is 192 g/mol. The summed E-state index contributed by atoms with van der Waals surface area (Å²) in [5.41, 5.74) is 9.41. The van der Waals surface area contributed by atoms with Gasteiger partial charge in [0.1, 0.15) is 0 Å². The van der Waals surface area contributed by atoms with Crippen molar-refractivity contribution in [1.82, 2.24) is 0 Å². The van der Waals surface area contributed by atoms with Gasteiger partial charge in [0.2, 0.25) is 0 Å². The molecule has 0 amide bonds. The normalized spacial score (nSPS) is 14.6. The third-order valence-corrected chi connectivity index (χ3v) is 2.76. The van der Waals surface area contributed by atoms with Crippen molar-refractivity contribution in [3.8, 4) is 0 Å². The van der Waals surface area contributed by atoms with Gasteiger partial charge >= 0.3 is 0 Å². The van der Waals surface area contributed by atoms with Gasteiger partial charge in [0.25, 0.3) is 0 Å². The minimum Gasteiger partial charge on any atom is -0.376 e. The summed E-state index contributed by atoms with van der Waals surface area (Å²) in [4.78, 5) is 0. The Kier molecular flexibility index (Phi) is 2.68. The molecule has 1 aliphatic rings. The van der Waals surface area contributed by atoms with E-state index in [0.717, 1.165) is 12.1 Å². The molecular formula is C11H14N2S. The molecule has 0 aliphatic heterocycles. The van der Waals surface area contributed by atoms with E-state index in [4.69, 9.17) is 18.0 Å². The van der Waals surface area contributed by atoms with Crippen LogP contribution in [0.1, 0.15) is 24.0 Å². The highest BCUT2D eigenvalue weighted by molar-refractivity contribution is 7.80. The monoisotopic (exact) mass is 206 g/mol. The Morgan fingerprint density at radius 1 is 1.29 bits per heavy atom. The average Bonchev–Trinajstić information content (AvgIpc) is 2.18. The highest BCUT2D eigenvalue weighted by atomic mass is 32.1. The molecule has 0 bridgehead atoms. The summed E-state index contributed by atoms with van der Waals surface area (Å²) in [5.74, 6) is 0. The summed E-state index contributed by atoms with van der Waals surface area (Å²) in [6.07, 6.45) is 4.88. The van der Waals surface area contributed by atoms with E-state index in [1.165, 1.54) is 30.4 Å². The van der Waals surface area contributed by atoms with Crippen LogP contribution in [0.5, 0.6) is 0 Å². The quantitative estimate of drug-likeness (QED) is 0.692. The zero-order valence-electron chi connectivity index (χ0n) is 8.05. The summed E-state index contributed by atoms with van der Waals surface area (Å²) >= 11 is 4.85. The number of fused-ring (bicyclic) bond motifs is 1. The van der Waals surface area contributed by atoms with Gasteiger partial charge in [-0.2, -0.15) is 0 Å². The molecule has 0 radical (unpaired) electrons. The van der Waals surface area contributed by atoms with Gasteiger partial charge in [-0.25, -0.2) is 0 Å². The van der Waals surface area contributed by atoms with Crippen LogP contribution in [-0.4, -0.2) is 5.11 Å². The molecule has 3 heteroatoms. The molecule has 1 aliphatic carbocycles. The first-order chi connectivity index (χ1) is 6.77. The van der Waals surface area contributed by atoms with Gasteiger partial charge in [0.15, 0.2) is 5.11 Å². The number of hydrogen-bond acceptors (Lipinski definition) is 1. The highest BCUT2D eigenvalue weighted by Crippen LogP contribution is 2.27. The molecule has 1 aromatic carbocycles. The number of thiocarbonyl (C=S) groups is 1. The molecule has 0 aromatic heterocycles. The molecule has 0 saturated heterocycles. The zero-order valence-corrected chi connectivity index (χ0v) is 8.86. The molecule has 2 rings (SSSR count). The molecule has 0 spiro atoms. The van der Waals surface area contributed by atoms with Gasteiger partial charge in [0, 0.05) is 5.69 Å². The number of nitrogens with two attached hydrogens (primary N) is 1. The lowest BCUT2D eigenvalue weighted by Crippen LogP contribution is -2.20. The zero-order chi connectivity index (χ0) is 9.97. The number of benzene rings is 1. The molecule has 2 nitrogen and oxygen atoms in total. The smallest absolute Gasteiger partial charge is 0.168 e. The fourth-order valence-electron chi connectivity index (χ4n) is 2.03. The Bertz CT molecular complexity index is 360. The standard InChI is InChI=1S/C11H14N2S/c12-11(14)13-10-7-3-5-8-4-1-2-6-9(8)10/h3,5,7H,1-2,4,6H2,(H3,12,13,14). The minimum atomic E-state index is 0.351. The molecule has 1 aromatic rings. The molecule has 14 heavy (non-hydrogen) atoms. The Morgan fingerprint density at radius 2 is 2.07 bits per heavy atom. The van der Waals surface area contributed by atoms with Crippen LogP contribution in [0.25, 0.3) is 0 Å². The minimum absolute atomic E-state index is 0.351. The van der Waals surface area contributed by atoms with Gasteiger partial charge in [-0.3, -0.25) is 0 Å². The third kappa shape index (κ3) is 1.87. The third-order valence-electron chi connectivity index (χ3n) is 2.65. The Morgan fingerprint density at radius 3 is 2.86 bits per heavy atom.